The minimum atomic E-state index is -0.684. The van der Waals surface area contributed by atoms with E-state index >= 15 is 0 Å². The molecule has 0 bridgehead atoms. The fourth-order valence-corrected chi connectivity index (χ4v) is 0.307. The topological polar surface area (TPSA) is 0 Å². The molecule has 30 valence electrons. The van der Waals surface area contributed by atoms with Crippen molar-refractivity contribution in [2.75, 3.05) is 0 Å². The van der Waals surface area contributed by atoms with Gasteiger partial charge in [0, 0.05) is 0 Å². The molecule has 0 aliphatic heterocycles. The first kappa shape index (κ1) is 3.41. The minimum absolute atomic E-state index is 0.144. The average Bonchev–Trinajstić information content (AvgIpc) is 1.79. The lowest BCUT2D eigenvalue weighted by Crippen LogP contribution is -1.66. The predicted molar refractivity (Wildman–Crippen MR) is 19.2 cm³/mol. The van der Waals surface area contributed by atoms with Gasteiger partial charge in [-0.1, -0.05) is 0 Å². The number of rotatable bonds is 0. The number of halogens is 2. The fraction of sp³-hybridized carbons (Fsp3) is 1.00. The monoisotopic (exact) mass is 94.0 g/mol. The highest BCUT2D eigenvalue weighted by atomic mass is 35.5. The first-order valence-corrected chi connectivity index (χ1v) is 2.02. The summed E-state index contributed by atoms with van der Waals surface area (Å²) in [6, 6.07) is 0. The van der Waals surface area contributed by atoms with Crippen LogP contribution >= 0.6 is 11.6 Å². The van der Waals surface area contributed by atoms with Gasteiger partial charge >= 0.3 is 0 Å². The van der Waals surface area contributed by atoms with Crippen LogP contribution in [0.5, 0.6) is 0 Å². The summed E-state index contributed by atoms with van der Waals surface area (Å²) in [4.78, 5) is 0. The highest BCUT2D eigenvalue weighted by Gasteiger charge is 2.34. The van der Waals surface area contributed by atoms with E-state index in [0.717, 1.165) is 0 Å². The highest BCUT2D eigenvalue weighted by molar-refractivity contribution is 6.22. The average molecular weight is 94.5 g/mol. The van der Waals surface area contributed by atoms with Gasteiger partial charge in [-0.05, 0) is 6.42 Å². The van der Waals surface area contributed by atoms with Crippen molar-refractivity contribution in [3.63, 3.8) is 0 Å². The molecule has 1 fully saturated rings. The number of hydrogen-bond acceptors (Lipinski definition) is 0. The van der Waals surface area contributed by atoms with Crippen molar-refractivity contribution >= 4 is 11.6 Å². The van der Waals surface area contributed by atoms with Crippen LogP contribution < -0.4 is 0 Å². The van der Waals surface area contributed by atoms with Crippen LogP contribution in [-0.4, -0.2) is 11.5 Å². The Labute approximate surface area is 34.9 Å². The molecule has 1 saturated carbocycles. The standard InChI is InChI=1S/C3H4ClF/c4-2-1-3(2)5/h2-3H,1H2/t2-,3+/m1/s1. The Bertz CT molecular complexity index is 40.2. The molecule has 0 nitrogen and oxygen atoms in total. The van der Waals surface area contributed by atoms with E-state index in [1.807, 2.05) is 0 Å². The minimum Gasteiger partial charge on any atom is -0.246 e. The maximum Gasteiger partial charge on any atom is 0.118 e. The summed E-state index contributed by atoms with van der Waals surface area (Å²) in [6.45, 7) is 0. The fourth-order valence-electron chi connectivity index (χ4n) is 0.137. The summed E-state index contributed by atoms with van der Waals surface area (Å²) >= 11 is 5.16. The maximum atomic E-state index is 11.4. The van der Waals surface area contributed by atoms with Crippen LogP contribution in [0.4, 0.5) is 4.39 Å². The van der Waals surface area contributed by atoms with Crippen molar-refractivity contribution in [3.8, 4) is 0 Å². The zero-order chi connectivity index (χ0) is 3.86. The molecule has 0 aromatic rings. The molecule has 2 heteroatoms. The Balaban J connectivity index is 2.20. The first-order valence-electron chi connectivity index (χ1n) is 1.59. The second kappa shape index (κ2) is 0.839. The molecule has 0 N–H and O–H groups in total. The number of hydrogen-bond donors (Lipinski definition) is 0. The van der Waals surface area contributed by atoms with E-state index < -0.39 is 6.17 Å². The van der Waals surface area contributed by atoms with E-state index in [-0.39, 0.29) is 5.38 Å². The van der Waals surface area contributed by atoms with Crippen LogP contribution in [-0.2, 0) is 0 Å². The summed E-state index contributed by atoms with van der Waals surface area (Å²) in [6.07, 6.45) is -0.113. The Hall–Kier alpha value is 0.220. The van der Waals surface area contributed by atoms with Crippen molar-refractivity contribution in [1.82, 2.24) is 0 Å². The van der Waals surface area contributed by atoms with E-state index in [9.17, 15) is 4.39 Å². The van der Waals surface area contributed by atoms with Crippen LogP contribution in [0, 0.1) is 0 Å². The van der Waals surface area contributed by atoms with E-state index in [2.05, 4.69) is 0 Å². The molecule has 0 radical (unpaired) electrons. The van der Waals surface area contributed by atoms with Gasteiger partial charge in [0.05, 0.1) is 5.38 Å². The Morgan fingerprint density at radius 2 is 2.00 bits per heavy atom. The molecule has 0 spiro atoms. The van der Waals surface area contributed by atoms with E-state index in [1.54, 1.807) is 0 Å². The third-order valence-corrected chi connectivity index (χ3v) is 1.09. The van der Waals surface area contributed by atoms with E-state index in [4.69, 9.17) is 11.6 Å². The quantitative estimate of drug-likeness (QED) is 0.398. The van der Waals surface area contributed by atoms with Gasteiger partial charge in [0.2, 0.25) is 0 Å². The lowest BCUT2D eigenvalue weighted by atomic mass is 10.9. The maximum absolute atomic E-state index is 11.4. The molecule has 0 aromatic heterocycles. The molecular formula is C3H4ClF. The summed E-state index contributed by atoms with van der Waals surface area (Å²) in [5, 5.41) is -0.144. The van der Waals surface area contributed by atoms with Gasteiger partial charge in [-0.2, -0.15) is 0 Å². The second-order valence-electron chi connectivity index (χ2n) is 1.27. The van der Waals surface area contributed by atoms with Crippen LogP contribution in [0.1, 0.15) is 6.42 Å². The van der Waals surface area contributed by atoms with Gasteiger partial charge in [0.1, 0.15) is 6.17 Å². The third kappa shape index (κ3) is 0.538. The zero-order valence-electron chi connectivity index (χ0n) is 2.62. The van der Waals surface area contributed by atoms with Crippen LogP contribution in [0.3, 0.4) is 0 Å². The summed E-state index contributed by atoms with van der Waals surface area (Å²) in [7, 11) is 0. The zero-order valence-corrected chi connectivity index (χ0v) is 3.37. The Morgan fingerprint density at radius 3 is 2.00 bits per heavy atom. The molecule has 2 atom stereocenters. The summed E-state index contributed by atoms with van der Waals surface area (Å²) in [5.74, 6) is 0. The van der Waals surface area contributed by atoms with Crippen LogP contribution in [0.25, 0.3) is 0 Å². The van der Waals surface area contributed by atoms with Crippen molar-refractivity contribution in [2.24, 2.45) is 0 Å². The molecule has 5 heavy (non-hydrogen) atoms. The largest absolute Gasteiger partial charge is 0.246 e. The molecule has 0 heterocycles. The van der Waals surface area contributed by atoms with Crippen molar-refractivity contribution in [3.05, 3.63) is 0 Å². The third-order valence-electron chi connectivity index (χ3n) is 0.640. The van der Waals surface area contributed by atoms with Crippen molar-refractivity contribution in [2.45, 2.75) is 18.0 Å². The molecule has 0 amide bonds. The highest BCUT2D eigenvalue weighted by Crippen LogP contribution is 2.30. The van der Waals surface area contributed by atoms with Gasteiger partial charge in [-0.25, -0.2) is 4.39 Å². The normalized spacial score (nSPS) is 49.2. The predicted octanol–water partition coefficient (Wildman–Crippen LogP) is 1.34. The Kier molecular flexibility index (Phi) is 0.573. The van der Waals surface area contributed by atoms with Crippen molar-refractivity contribution in [1.29, 1.82) is 0 Å². The second-order valence-corrected chi connectivity index (χ2v) is 1.83. The SMILES string of the molecule is F[C@H]1C[C@H]1Cl. The van der Waals surface area contributed by atoms with Crippen LogP contribution in [0.2, 0.25) is 0 Å². The van der Waals surface area contributed by atoms with Crippen LogP contribution in [0.15, 0.2) is 0 Å². The molecule has 0 aromatic carbocycles. The van der Waals surface area contributed by atoms with Gasteiger partial charge in [0.25, 0.3) is 0 Å². The summed E-state index contributed by atoms with van der Waals surface area (Å²) < 4.78 is 11.4. The van der Waals surface area contributed by atoms with E-state index in [1.165, 1.54) is 0 Å². The smallest absolute Gasteiger partial charge is 0.118 e. The molecule has 0 saturated heterocycles. The molecular weight excluding hydrogens is 90.5 g/mol. The first-order chi connectivity index (χ1) is 2.30. The number of alkyl halides is 2. The molecule has 1 aliphatic carbocycles. The lowest BCUT2D eigenvalue weighted by molar-refractivity contribution is 0.481. The van der Waals surface area contributed by atoms with Crippen molar-refractivity contribution < 1.29 is 4.39 Å². The summed E-state index contributed by atoms with van der Waals surface area (Å²) in [5.41, 5.74) is 0. The molecule has 0 unspecified atom stereocenters. The van der Waals surface area contributed by atoms with E-state index in [0.29, 0.717) is 6.42 Å². The van der Waals surface area contributed by atoms with Gasteiger partial charge in [-0.3, -0.25) is 0 Å². The van der Waals surface area contributed by atoms with Gasteiger partial charge in [-0.15, -0.1) is 11.6 Å². The molecule has 1 rings (SSSR count). The Morgan fingerprint density at radius 1 is 1.80 bits per heavy atom. The lowest BCUT2D eigenvalue weighted by Gasteiger charge is -1.61. The molecule has 1 aliphatic rings. The van der Waals surface area contributed by atoms with Gasteiger partial charge < -0.3 is 0 Å². The van der Waals surface area contributed by atoms with Gasteiger partial charge in [0.15, 0.2) is 0 Å².